The maximum Gasteiger partial charge on any atom is 0.171 e. The third-order valence-corrected chi connectivity index (χ3v) is 5.31. The molecule has 3 atom stereocenters. The fourth-order valence-electron chi connectivity index (χ4n) is 4.08. The molecule has 2 nitrogen and oxygen atoms in total. The van der Waals surface area contributed by atoms with Crippen molar-refractivity contribution in [2.45, 2.75) is 31.7 Å². The van der Waals surface area contributed by atoms with Gasteiger partial charge in [0.1, 0.15) is 0 Å². The van der Waals surface area contributed by atoms with Gasteiger partial charge in [0.2, 0.25) is 0 Å². The molecule has 2 aromatic carbocycles. The van der Waals surface area contributed by atoms with Crippen molar-refractivity contribution in [3.63, 3.8) is 0 Å². The van der Waals surface area contributed by atoms with Gasteiger partial charge in [-0.2, -0.15) is 0 Å². The molecule has 108 valence electrons. The number of nitrogens with one attached hydrogen (secondary N) is 2. The molecule has 2 fully saturated rings. The second kappa shape index (κ2) is 5.30. The molecule has 0 aromatic heterocycles. The van der Waals surface area contributed by atoms with Crippen LogP contribution < -0.4 is 10.6 Å². The first-order valence-electron chi connectivity index (χ1n) is 7.85. The fraction of sp³-hybridized carbons (Fsp3) is 0.389. The first-order chi connectivity index (χ1) is 10.3. The van der Waals surface area contributed by atoms with E-state index in [0.717, 1.165) is 22.6 Å². The van der Waals surface area contributed by atoms with E-state index in [1.165, 1.54) is 36.5 Å². The Morgan fingerprint density at radius 2 is 1.86 bits per heavy atom. The van der Waals surface area contributed by atoms with Crippen LogP contribution in [0.15, 0.2) is 42.5 Å². The second-order valence-electron chi connectivity index (χ2n) is 6.41. The minimum absolute atomic E-state index is 0.582. The van der Waals surface area contributed by atoms with Gasteiger partial charge >= 0.3 is 0 Å². The zero-order valence-corrected chi connectivity index (χ0v) is 12.8. The van der Waals surface area contributed by atoms with Crippen molar-refractivity contribution in [2.75, 3.05) is 5.32 Å². The van der Waals surface area contributed by atoms with E-state index in [4.69, 9.17) is 12.2 Å². The third kappa shape index (κ3) is 2.51. The summed E-state index contributed by atoms with van der Waals surface area (Å²) < 4.78 is 0. The first kappa shape index (κ1) is 13.1. The van der Waals surface area contributed by atoms with Gasteiger partial charge in [-0.05, 0) is 54.8 Å². The Balaban J connectivity index is 1.48. The van der Waals surface area contributed by atoms with Crippen molar-refractivity contribution in [2.24, 2.45) is 11.8 Å². The molecule has 21 heavy (non-hydrogen) atoms. The summed E-state index contributed by atoms with van der Waals surface area (Å²) in [6.07, 6.45) is 5.49. The molecule has 0 unspecified atom stereocenters. The average Bonchev–Trinajstić information content (AvgIpc) is 3.10. The normalized spacial score (nSPS) is 27.0. The Hall–Kier alpha value is -1.61. The predicted molar refractivity (Wildman–Crippen MR) is 92.5 cm³/mol. The average molecular weight is 296 g/mol. The third-order valence-electron chi connectivity index (χ3n) is 5.09. The minimum Gasteiger partial charge on any atom is -0.359 e. The van der Waals surface area contributed by atoms with Gasteiger partial charge in [0.05, 0.1) is 0 Å². The zero-order valence-electron chi connectivity index (χ0n) is 12.0. The standard InChI is InChI=1S/C18H20N2S/c21-18(20-17-11-12-8-9-14(17)10-12)19-16-7-3-5-13-4-1-2-6-15(13)16/h1-7,12,14,17H,8-11H2,(H2,19,20,21)/t12-,14-,17+/m1/s1. The van der Waals surface area contributed by atoms with Gasteiger partial charge in [-0.3, -0.25) is 0 Å². The molecule has 3 heteroatoms. The number of benzene rings is 2. The molecule has 0 aliphatic heterocycles. The van der Waals surface area contributed by atoms with E-state index in [0.29, 0.717) is 6.04 Å². The SMILES string of the molecule is S=C(Nc1cccc2ccccc12)N[C@H]1C[C@@H]2CC[C@@H]1C2. The number of hydrogen-bond acceptors (Lipinski definition) is 1. The van der Waals surface area contributed by atoms with Crippen molar-refractivity contribution < 1.29 is 0 Å². The van der Waals surface area contributed by atoms with Gasteiger partial charge in [0.25, 0.3) is 0 Å². The lowest BCUT2D eigenvalue weighted by molar-refractivity contribution is 0.392. The molecule has 2 N–H and O–H groups in total. The molecule has 2 aromatic rings. The summed E-state index contributed by atoms with van der Waals surface area (Å²) in [6, 6.07) is 15.3. The van der Waals surface area contributed by atoms with Crippen LogP contribution in [0.25, 0.3) is 10.8 Å². The van der Waals surface area contributed by atoms with Crippen LogP contribution in [-0.2, 0) is 0 Å². The second-order valence-corrected chi connectivity index (χ2v) is 6.81. The molecule has 0 radical (unpaired) electrons. The highest BCUT2D eigenvalue weighted by Crippen LogP contribution is 2.44. The Bertz CT molecular complexity index is 676. The van der Waals surface area contributed by atoms with Crippen LogP contribution >= 0.6 is 12.2 Å². The Kier molecular flexibility index (Phi) is 3.30. The molecule has 2 bridgehead atoms. The highest BCUT2D eigenvalue weighted by atomic mass is 32.1. The smallest absolute Gasteiger partial charge is 0.171 e. The lowest BCUT2D eigenvalue weighted by Gasteiger charge is -2.24. The summed E-state index contributed by atoms with van der Waals surface area (Å²) in [7, 11) is 0. The Morgan fingerprint density at radius 1 is 1.00 bits per heavy atom. The van der Waals surface area contributed by atoms with Crippen LogP contribution in [0.5, 0.6) is 0 Å². The minimum atomic E-state index is 0.582. The van der Waals surface area contributed by atoms with Crippen LogP contribution in [0.3, 0.4) is 0 Å². The highest BCUT2D eigenvalue weighted by Gasteiger charge is 2.39. The van der Waals surface area contributed by atoms with Crippen molar-refractivity contribution in [3.05, 3.63) is 42.5 Å². The van der Waals surface area contributed by atoms with E-state index < -0.39 is 0 Å². The topological polar surface area (TPSA) is 24.1 Å². The summed E-state index contributed by atoms with van der Waals surface area (Å²) in [5, 5.41) is 10.2. The predicted octanol–water partition coefficient (Wildman–Crippen LogP) is 4.31. The maximum absolute atomic E-state index is 5.53. The van der Waals surface area contributed by atoms with Crippen molar-refractivity contribution in [1.82, 2.24) is 5.32 Å². The summed E-state index contributed by atoms with van der Waals surface area (Å²) >= 11 is 5.53. The number of thiocarbonyl (C=S) groups is 1. The number of hydrogen-bond donors (Lipinski definition) is 2. The van der Waals surface area contributed by atoms with Crippen LogP contribution in [0.4, 0.5) is 5.69 Å². The Labute approximate surface area is 130 Å². The van der Waals surface area contributed by atoms with E-state index >= 15 is 0 Å². The van der Waals surface area contributed by atoms with Crippen LogP contribution in [-0.4, -0.2) is 11.2 Å². The van der Waals surface area contributed by atoms with E-state index in [9.17, 15) is 0 Å². The summed E-state index contributed by atoms with van der Waals surface area (Å²) in [4.78, 5) is 0. The van der Waals surface area contributed by atoms with Gasteiger partial charge in [0.15, 0.2) is 5.11 Å². The number of fused-ring (bicyclic) bond motifs is 3. The van der Waals surface area contributed by atoms with E-state index in [1.807, 2.05) is 0 Å². The van der Waals surface area contributed by atoms with Crippen molar-refractivity contribution in [1.29, 1.82) is 0 Å². The summed E-state index contributed by atoms with van der Waals surface area (Å²) in [5.41, 5.74) is 1.09. The summed E-state index contributed by atoms with van der Waals surface area (Å²) in [6.45, 7) is 0. The molecule has 0 spiro atoms. The monoisotopic (exact) mass is 296 g/mol. The zero-order chi connectivity index (χ0) is 14.2. The van der Waals surface area contributed by atoms with Gasteiger partial charge < -0.3 is 10.6 Å². The van der Waals surface area contributed by atoms with Gasteiger partial charge in [-0.1, -0.05) is 42.8 Å². The molecule has 0 amide bonds. The van der Waals surface area contributed by atoms with Crippen molar-refractivity contribution >= 4 is 33.8 Å². The van der Waals surface area contributed by atoms with Gasteiger partial charge in [-0.15, -0.1) is 0 Å². The quantitative estimate of drug-likeness (QED) is 0.807. The number of rotatable bonds is 2. The van der Waals surface area contributed by atoms with Crippen LogP contribution in [0.1, 0.15) is 25.7 Å². The molecule has 2 aliphatic rings. The van der Waals surface area contributed by atoms with E-state index in [1.54, 1.807) is 0 Å². The van der Waals surface area contributed by atoms with E-state index in [2.05, 4.69) is 53.1 Å². The van der Waals surface area contributed by atoms with Crippen LogP contribution in [0, 0.1) is 11.8 Å². The van der Waals surface area contributed by atoms with Gasteiger partial charge in [0, 0.05) is 17.1 Å². The van der Waals surface area contributed by atoms with Gasteiger partial charge in [-0.25, -0.2) is 0 Å². The van der Waals surface area contributed by atoms with Crippen molar-refractivity contribution in [3.8, 4) is 0 Å². The lowest BCUT2D eigenvalue weighted by Crippen LogP contribution is -2.40. The summed E-state index contributed by atoms with van der Waals surface area (Å²) in [5.74, 6) is 1.77. The molecule has 2 saturated carbocycles. The lowest BCUT2D eigenvalue weighted by atomic mass is 9.95. The molecule has 4 rings (SSSR count). The molecular formula is C18H20N2S. The highest BCUT2D eigenvalue weighted by molar-refractivity contribution is 7.80. The number of anilines is 1. The molecular weight excluding hydrogens is 276 g/mol. The molecule has 0 heterocycles. The fourth-order valence-corrected chi connectivity index (χ4v) is 4.34. The first-order valence-corrected chi connectivity index (χ1v) is 8.26. The molecule has 0 saturated heterocycles. The van der Waals surface area contributed by atoms with E-state index in [-0.39, 0.29) is 0 Å². The Morgan fingerprint density at radius 3 is 2.67 bits per heavy atom. The largest absolute Gasteiger partial charge is 0.359 e. The molecule has 2 aliphatic carbocycles. The van der Waals surface area contributed by atoms with Crippen LogP contribution in [0.2, 0.25) is 0 Å². The maximum atomic E-state index is 5.53.